The van der Waals surface area contributed by atoms with E-state index in [1.807, 2.05) is 0 Å². The number of esters is 1. The number of carbonyl (C=O) groups is 1. The third kappa shape index (κ3) is 21.2. The van der Waals surface area contributed by atoms with Crippen LogP contribution in [-0.2, 0) is 9.53 Å². The molecule has 1 unspecified atom stereocenters. The van der Waals surface area contributed by atoms with Crippen LogP contribution in [0.1, 0.15) is 105 Å². The average Bonchev–Trinajstić information content (AvgIpc) is 2.50. The van der Waals surface area contributed by atoms with Crippen molar-refractivity contribution >= 4 is 5.97 Å². The number of unbranched alkanes of at least 4 members (excludes halogenated alkanes) is 13. The van der Waals surface area contributed by atoms with Gasteiger partial charge in [0.2, 0.25) is 0 Å². The van der Waals surface area contributed by atoms with Crippen LogP contribution in [0.4, 0.5) is 0 Å². The molecule has 0 amide bonds. The van der Waals surface area contributed by atoms with Crippen molar-refractivity contribution in [3.63, 3.8) is 0 Å². The first-order valence-electron chi connectivity index (χ1n) is 9.53. The molecule has 0 spiro atoms. The molecule has 0 aromatic heterocycles. The zero-order chi connectivity index (χ0) is 16.5. The van der Waals surface area contributed by atoms with Crippen LogP contribution in [0.2, 0.25) is 0 Å². The number of hydrogen-bond acceptors (Lipinski definition) is 3. The smallest absolute Gasteiger partial charge is 1.00 e. The summed E-state index contributed by atoms with van der Waals surface area (Å²) in [6.07, 6.45) is 17.5. The van der Waals surface area contributed by atoms with Gasteiger partial charge in [0.1, 0.15) is 6.10 Å². The Kier molecular flexibility index (Phi) is 24.5. The fraction of sp³-hybridized carbons (Fsp3) is 0.947. The normalized spacial score (nSPS) is 11.8. The van der Waals surface area contributed by atoms with Gasteiger partial charge in [0.05, 0.1) is 6.61 Å². The molecule has 0 aliphatic rings. The van der Waals surface area contributed by atoms with Crippen molar-refractivity contribution in [1.29, 1.82) is 0 Å². The molecule has 0 bridgehead atoms. The van der Waals surface area contributed by atoms with Crippen molar-refractivity contribution < 1.29 is 74.3 Å². The molecular formula is C19H39O3Rb. The summed E-state index contributed by atoms with van der Waals surface area (Å²) >= 11 is 0. The third-order valence-corrected chi connectivity index (χ3v) is 4.08. The fourth-order valence-electron chi connectivity index (χ4n) is 2.59. The first-order valence-corrected chi connectivity index (χ1v) is 9.53. The van der Waals surface area contributed by atoms with Gasteiger partial charge in [-0.05, 0) is 13.3 Å². The maximum Gasteiger partial charge on any atom is 1.00 e. The second-order valence-electron chi connectivity index (χ2n) is 6.44. The largest absolute Gasteiger partial charge is 1.00 e. The maximum absolute atomic E-state index is 11.0. The Morgan fingerprint density at radius 1 is 0.826 bits per heavy atom. The van der Waals surface area contributed by atoms with Crippen molar-refractivity contribution in [3.8, 4) is 0 Å². The molecule has 0 rings (SSSR count). The SMILES string of the molecule is CCCCCCCCCCCCCCCCOC(=O)C(C)O.[H-].[Rb+]. The topological polar surface area (TPSA) is 46.5 Å². The van der Waals surface area contributed by atoms with Gasteiger partial charge in [0.15, 0.2) is 0 Å². The molecule has 0 aromatic rings. The van der Waals surface area contributed by atoms with E-state index in [1.165, 1.54) is 84.0 Å². The second kappa shape index (κ2) is 21.3. The first-order chi connectivity index (χ1) is 10.7. The molecule has 0 aliphatic heterocycles. The number of rotatable bonds is 16. The molecular weight excluding hydrogens is 362 g/mol. The average molecular weight is 401 g/mol. The van der Waals surface area contributed by atoms with Gasteiger partial charge in [0.25, 0.3) is 0 Å². The number of ether oxygens (including phenoxy) is 1. The summed E-state index contributed by atoms with van der Waals surface area (Å²) in [5, 5.41) is 8.96. The van der Waals surface area contributed by atoms with Crippen LogP contribution in [0.3, 0.4) is 0 Å². The summed E-state index contributed by atoms with van der Waals surface area (Å²) in [5.74, 6) is -0.505. The number of hydrogen-bond donors (Lipinski definition) is 1. The molecule has 23 heavy (non-hydrogen) atoms. The summed E-state index contributed by atoms with van der Waals surface area (Å²) in [4.78, 5) is 11.0. The van der Waals surface area contributed by atoms with Crippen molar-refractivity contribution in [2.45, 2.75) is 110 Å². The van der Waals surface area contributed by atoms with E-state index >= 15 is 0 Å². The van der Waals surface area contributed by atoms with Crippen LogP contribution in [-0.4, -0.2) is 23.8 Å². The van der Waals surface area contributed by atoms with Crippen molar-refractivity contribution in [2.75, 3.05) is 6.61 Å². The number of carbonyl (C=O) groups excluding carboxylic acids is 1. The van der Waals surface area contributed by atoms with Gasteiger partial charge >= 0.3 is 64.2 Å². The summed E-state index contributed by atoms with van der Waals surface area (Å²) in [6, 6.07) is 0. The predicted molar refractivity (Wildman–Crippen MR) is 94.1 cm³/mol. The van der Waals surface area contributed by atoms with Crippen molar-refractivity contribution in [1.82, 2.24) is 0 Å². The van der Waals surface area contributed by atoms with E-state index in [-0.39, 0.29) is 59.6 Å². The van der Waals surface area contributed by atoms with Crippen LogP contribution in [0, 0.1) is 0 Å². The fourth-order valence-corrected chi connectivity index (χ4v) is 2.59. The van der Waals surface area contributed by atoms with Gasteiger partial charge in [-0.3, -0.25) is 0 Å². The second-order valence-corrected chi connectivity index (χ2v) is 6.44. The van der Waals surface area contributed by atoms with Gasteiger partial charge < -0.3 is 11.3 Å². The van der Waals surface area contributed by atoms with E-state index < -0.39 is 12.1 Å². The molecule has 1 atom stereocenters. The number of aliphatic hydroxyl groups excluding tert-OH is 1. The molecule has 4 heteroatoms. The van der Waals surface area contributed by atoms with Gasteiger partial charge in [-0.15, -0.1) is 0 Å². The van der Waals surface area contributed by atoms with E-state index in [1.54, 1.807) is 0 Å². The summed E-state index contributed by atoms with van der Waals surface area (Å²) < 4.78 is 4.92. The minimum atomic E-state index is -0.994. The zero-order valence-electron chi connectivity index (χ0n) is 16.9. The van der Waals surface area contributed by atoms with Crippen LogP contribution in [0.15, 0.2) is 0 Å². The van der Waals surface area contributed by atoms with E-state index in [0.29, 0.717) is 6.61 Å². The van der Waals surface area contributed by atoms with Gasteiger partial charge in [-0.2, -0.15) is 0 Å². The molecule has 134 valence electrons. The minimum Gasteiger partial charge on any atom is -1.00 e. The number of aliphatic hydroxyl groups is 1. The molecule has 0 fully saturated rings. The first kappa shape index (κ1) is 26.5. The van der Waals surface area contributed by atoms with Crippen molar-refractivity contribution in [3.05, 3.63) is 0 Å². The Balaban J connectivity index is -0.00000220. The molecule has 0 aromatic carbocycles. The molecule has 0 heterocycles. The Labute approximate surface area is 194 Å². The molecule has 3 nitrogen and oxygen atoms in total. The van der Waals surface area contributed by atoms with Crippen molar-refractivity contribution in [2.24, 2.45) is 0 Å². The monoisotopic (exact) mass is 400 g/mol. The molecule has 0 saturated carbocycles. The Bertz CT molecular complexity index is 251. The Morgan fingerprint density at radius 2 is 1.17 bits per heavy atom. The minimum absolute atomic E-state index is 0. The quantitative estimate of drug-likeness (QED) is 0.320. The maximum atomic E-state index is 11.0. The standard InChI is InChI=1S/C19H38O3.Rb.H/c1-3-4-5-6-7-8-9-10-11-12-13-14-15-16-17-22-19(21)18(2)20;;/h18,20H,3-17H2,1-2H3;;/q;+1;-1. The summed E-state index contributed by atoms with van der Waals surface area (Å²) in [6.45, 7) is 4.15. The van der Waals surface area contributed by atoms with Gasteiger partial charge in [-0.25, -0.2) is 4.79 Å². The molecule has 0 saturated heterocycles. The molecule has 0 radical (unpaired) electrons. The Hall–Kier alpha value is 1.24. The summed E-state index contributed by atoms with van der Waals surface area (Å²) in [7, 11) is 0. The van der Waals surface area contributed by atoms with Crippen LogP contribution >= 0.6 is 0 Å². The van der Waals surface area contributed by atoms with Crippen LogP contribution < -0.4 is 58.2 Å². The van der Waals surface area contributed by atoms with E-state index in [4.69, 9.17) is 9.84 Å². The van der Waals surface area contributed by atoms with E-state index in [2.05, 4.69) is 6.92 Å². The Morgan fingerprint density at radius 3 is 1.52 bits per heavy atom. The molecule has 1 N–H and O–H groups in total. The van der Waals surface area contributed by atoms with E-state index in [0.717, 1.165) is 12.8 Å². The summed E-state index contributed by atoms with van der Waals surface area (Å²) in [5.41, 5.74) is 0. The van der Waals surface area contributed by atoms with E-state index in [9.17, 15) is 4.79 Å². The van der Waals surface area contributed by atoms with Crippen LogP contribution in [0.5, 0.6) is 0 Å². The third-order valence-electron chi connectivity index (χ3n) is 4.08. The van der Waals surface area contributed by atoms with Gasteiger partial charge in [-0.1, -0.05) is 90.4 Å². The van der Waals surface area contributed by atoms with Crippen LogP contribution in [0.25, 0.3) is 0 Å². The predicted octanol–water partition coefficient (Wildman–Crippen LogP) is 2.51. The van der Waals surface area contributed by atoms with Gasteiger partial charge in [0, 0.05) is 0 Å². The molecule has 0 aliphatic carbocycles. The zero-order valence-corrected chi connectivity index (χ0v) is 20.9.